The normalized spacial score (nSPS) is 17.2. The molecule has 168 valence electrons. The highest BCUT2D eigenvalue weighted by Crippen LogP contribution is 2.45. The van der Waals surface area contributed by atoms with Gasteiger partial charge in [-0.3, -0.25) is 19.5 Å². The molecule has 4 rings (SSSR count). The Labute approximate surface area is 190 Å². The summed E-state index contributed by atoms with van der Waals surface area (Å²) < 4.78 is 16.0. The first-order valence-corrected chi connectivity index (χ1v) is 10.1. The van der Waals surface area contributed by atoms with E-state index in [1.54, 1.807) is 67.0 Å². The van der Waals surface area contributed by atoms with Crippen LogP contribution in [0.4, 0.5) is 5.69 Å². The number of hydrogen-bond donors (Lipinski definition) is 1. The predicted octanol–water partition coefficient (Wildman–Crippen LogP) is 3.73. The maximum absolute atomic E-state index is 13.3. The van der Waals surface area contributed by atoms with Gasteiger partial charge in [0.25, 0.3) is 11.7 Å². The lowest BCUT2D eigenvalue weighted by molar-refractivity contribution is -0.132. The van der Waals surface area contributed by atoms with Gasteiger partial charge in [-0.15, -0.1) is 0 Å². The molecule has 1 N–H and O–H groups in total. The number of benzene rings is 2. The van der Waals surface area contributed by atoms with Crippen molar-refractivity contribution in [2.45, 2.75) is 6.04 Å². The number of methoxy groups -OCH3 is 3. The molecule has 1 atom stereocenters. The monoisotopic (exact) mass is 446 g/mol. The van der Waals surface area contributed by atoms with Gasteiger partial charge in [-0.2, -0.15) is 0 Å². The summed E-state index contributed by atoms with van der Waals surface area (Å²) in [6, 6.07) is 14.2. The molecule has 2 aromatic carbocycles. The molecule has 1 amide bonds. The van der Waals surface area contributed by atoms with E-state index in [9.17, 15) is 14.7 Å². The second-order valence-corrected chi connectivity index (χ2v) is 7.19. The van der Waals surface area contributed by atoms with Crippen LogP contribution in [-0.4, -0.2) is 43.1 Å². The number of rotatable bonds is 6. The quantitative estimate of drug-likeness (QED) is 0.350. The number of amides is 1. The molecule has 1 unspecified atom stereocenters. The molecule has 2 heterocycles. The van der Waals surface area contributed by atoms with Crippen LogP contribution in [0.1, 0.15) is 17.2 Å². The summed E-state index contributed by atoms with van der Waals surface area (Å²) in [5, 5.41) is 11.4. The fourth-order valence-corrected chi connectivity index (χ4v) is 3.91. The van der Waals surface area contributed by atoms with Gasteiger partial charge in [-0.1, -0.05) is 12.1 Å². The van der Waals surface area contributed by atoms with Crippen LogP contribution in [0.5, 0.6) is 17.2 Å². The number of aliphatic hydroxyl groups excluding tert-OH is 1. The van der Waals surface area contributed by atoms with Crippen molar-refractivity contribution in [1.29, 1.82) is 0 Å². The summed E-state index contributed by atoms with van der Waals surface area (Å²) in [4.78, 5) is 32.0. The Balaban J connectivity index is 1.97. The zero-order chi connectivity index (χ0) is 23.5. The Morgan fingerprint density at radius 1 is 0.909 bits per heavy atom. The SMILES string of the molecule is COc1ccc(N2C(=O)C(=O)/C(=C(/O)c3c(OC)cccc3OC)C2c2cccnc2)cc1. The lowest BCUT2D eigenvalue weighted by atomic mass is 9.95. The average Bonchev–Trinajstić information content (AvgIpc) is 3.13. The lowest BCUT2D eigenvalue weighted by Crippen LogP contribution is -2.29. The fraction of sp³-hybridized carbons (Fsp3) is 0.160. The fourth-order valence-electron chi connectivity index (χ4n) is 3.91. The maximum Gasteiger partial charge on any atom is 0.300 e. The molecule has 0 aliphatic carbocycles. The number of carbonyl (C=O) groups excluding carboxylic acids is 2. The summed E-state index contributed by atoms with van der Waals surface area (Å²) >= 11 is 0. The van der Waals surface area contributed by atoms with Gasteiger partial charge in [0.05, 0.1) is 32.9 Å². The highest BCUT2D eigenvalue weighted by atomic mass is 16.5. The van der Waals surface area contributed by atoms with Gasteiger partial charge >= 0.3 is 0 Å². The van der Waals surface area contributed by atoms with Crippen LogP contribution in [0.25, 0.3) is 5.76 Å². The van der Waals surface area contributed by atoms with Crippen molar-refractivity contribution in [2.75, 3.05) is 26.2 Å². The Hall–Kier alpha value is -4.33. The summed E-state index contributed by atoms with van der Waals surface area (Å²) in [7, 11) is 4.43. The van der Waals surface area contributed by atoms with E-state index in [4.69, 9.17) is 14.2 Å². The molecule has 8 heteroatoms. The van der Waals surface area contributed by atoms with Crippen LogP contribution in [-0.2, 0) is 9.59 Å². The number of aliphatic hydroxyl groups is 1. The zero-order valence-electron chi connectivity index (χ0n) is 18.3. The largest absolute Gasteiger partial charge is 0.506 e. The third kappa shape index (κ3) is 3.76. The predicted molar refractivity (Wildman–Crippen MR) is 122 cm³/mol. The van der Waals surface area contributed by atoms with E-state index in [1.165, 1.54) is 26.2 Å². The molecular weight excluding hydrogens is 424 g/mol. The first-order valence-electron chi connectivity index (χ1n) is 10.1. The Kier molecular flexibility index (Phi) is 5.99. The summed E-state index contributed by atoms with van der Waals surface area (Å²) in [5.74, 6) is -0.797. The van der Waals surface area contributed by atoms with E-state index >= 15 is 0 Å². The molecule has 1 saturated heterocycles. The summed E-state index contributed by atoms with van der Waals surface area (Å²) in [6.45, 7) is 0. The standard InChI is InChI=1S/C25H22N2O6/c1-31-17-11-9-16(10-12-17)27-22(15-6-5-13-26-14-15)21(24(29)25(27)30)23(28)20-18(32-2)7-4-8-19(20)33-3/h4-14,22,28H,1-3H3/b23-21+. The number of aromatic nitrogens is 1. The van der Waals surface area contributed by atoms with Crippen molar-refractivity contribution < 1.29 is 28.9 Å². The maximum atomic E-state index is 13.3. The van der Waals surface area contributed by atoms with E-state index < -0.39 is 23.5 Å². The minimum atomic E-state index is -0.915. The minimum absolute atomic E-state index is 0.0911. The average molecular weight is 446 g/mol. The Bertz CT molecular complexity index is 1200. The zero-order valence-corrected chi connectivity index (χ0v) is 18.3. The number of ether oxygens (including phenoxy) is 3. The smallest absolute Gasteiger partial charge is 0.300 e. The first kappa shape index (κ1) is 21.9. The summed E-state index contributed by atoms with van der Waals surface area (Å²) in [5.41, 5.74) is 1.12. The minimum Gasteiger partial charge on any atom is -0.506 e. The second-order valence-electron chi connectivity index (χ2n) is 7.19. The molecule has 0 bridgehead atoms. The molecular formula is C25H22N2O6. The Morgan fingerprint density at radius 3 is 2.12 bits per heavy atom. The molecule has 1 aliphatic rings. The van der Waals surface area contributed by atoms with Crippen molar-refractivity contribution >= 4 is 23.1 Å². The van der Waals surface area contributed by atoms with Crippen molar-refractivity contribution in [3.63, 3.8) is 0 Å². The lowest BCUT2D eigenvalue weighted by Gasteiger charge is -2.25. The Morgan fingerprint density at radius 2 is 1.58 bits per heavy atom. The van der Waals surface area contributed by atoms with Crippen LogP contribution >= 0.6 is 0 Å². The number of hydrogen-bond acceptors (Lipinski definition) is 7. The van der Waals surface area contributed by atoms with Gasteiger partial charge in [0.1, 0.15) is 28.6 Å². The van der Waals surface area contributed by atoms with Gasteiger partial charge in [-0.25, -0.2) is 0 Å². The van der Waals surface area contributed by atoms with E-state index in [1.807, 2.05) is 0 Å². The van der Waals surface area contributed by atoms with E-state index in [0.717, 1.165) is 0 Å². The number of Topliss-reactive ketones (excluding diaryl/α,β-unsaturated/α-hetero) is 1. The van der Waals surface area contributed by atoms with Crippen molar-refractivity contribution in [1.82, 2.24) is 4.98 Å². The molecule has 0 radical (unpaired) electrons. The van der Waals surface area contributed by atoms with Crippen molar-refractivity contribution in [3.05, 3.63) is 83.7 Å². The molecule has 8 nitrogen and oxygen atoms in total. The van der Waals surface area contributed by atoms with Crippen molar-refractivity contribution in [2.24, 2.45) is 0 Å². The molecule has 3 aromatic rings. The van der Waals surface area contributed by atoms with Crippen molar-refractivity contribution in [3.8, 4) is 17.2 Å². The van der Waals surface area contributed by atoms with Gasteiger partial charge in [0, 0.05) is 18.1 Å². The number of pyridine rings is 1. The van der Waals surface area contributed by atoms with Crippen LogP contribution in [0.3, 0.4) is 0 Å². The molecule has 1 fully saturated rings. The van der Waals surface area contributed by atoms with Crippen LogP contribution < -0.4 is 19.1 Å². The molecule has 33 heavy (non-hydrogen) atoms. The van der Waals surface area contributed by atoms with E-state index in [2.05, 4.69) is 4.98 Å². The van der Waals surface area contributed by atoms with Crippen LogP contribution in [0.2, 0.25) is 0 Å². The third-order valence-electron chi connectivity index (χ3n) is 5.46. The topological polar surface area (TPSA) is 98.2 Å². The molecule has 1 aromatic heterocycles. The molecule has 0 spiro atoms. The number of carbonyl (C=O) groups is 2. The number of anilines is 1. The van der Waals surface area contributed by atoms with Gasteiger partial charge in [0.2, 0.25) is 0 Å². The van der Waals surface area contributed by atoms with Gasteiger partial charge in [0.15, 0.2) is 0 Å². The number of ketones is 1. The van der Waals surface area contributed by atoms with Crippen LogP contribution in [0, 0.1) is 0 Å². The summed E-state index contributed by atoms with van der Waals surface area (Å²) in [6.07, 6.45) is 3.14. The van der Waals surface area contributed by atoms with E-state index in [-0.39, 0.29) is 11.1 Å². The highest BCUT2D eigenvalue weighted by Gasteiger charge is 2.47. The first-order chi connectivity index (χ1) is 16.0. The third-order valence-corrected chi connectivity index (χ3v) is 5.46. The molecule has 1 aliphatic heterocycles. The molecule has 0 saturated carbocycles. The number of nitrogens with zero attached hydrogens (tertiary/aromatic N) is 2. The van der Waals surface area contributed by atoms with Gasteiger partial charge < -0.3 is 19.3 Å². The van der Waals surface area contributed by atoms with E-state index in [0.29, 0.717) is 28.5 Å². The van der Waals surface area contributed by atoms with Crippen LogP contribution in [0.15, 0.2) is 72.6 Å². The van der Waals surface area contributed by atoms with Gasteiger partial charge in [-0.05, 0) is 48.0 Å². The second kappa shape index (κ2) is 9.04. The highest BCUT2D eigenvalue weighted by molar-refractivity contribution is 6.51.